The maximum Gasteiger partial charge on any atom is 0.341 e. The third kappa shape index (κ3) is 6.27. The lowest BCUT2D eigenvalue weighted by atomic mass is 9.92. The van der Waals surface area contributed by atoms with Crippen LogP contribution in [0.2, 0.25) is 0 Å². The van der Waals surface area contributed by atoms with Gasteiger partial charge in [0.1, 0.15) is 17.4 Å². The van der Waals surface area contributed by atoms with Gasteiger partial charge in [-0.05, 0) is 62.1 Å². The van der Waals surface area contributed by atoms with E-state index in [2.05, 4.69) is 14.1 Å². The van der Waals surface area contributed by atoms with E-state index in [4.69, 9.17) is 20.9 Å². The van der Waals surface area contributed by atoms with Crippen LogP contribution in [0.5, 0.6) is 5.75 Å². The number of benzene rings is 1. The number of piperidine rings is 2. The summed E-state index contributed by atoms with van der Waals surface area (Å²) >= 11 is 0. The van der Waals surface area contributed by atoms with E-state index in [1.165, 1.54) is 13.3 Å². The second kappa shape index (κ2) is 11.5. The summed E-state index contributed by atoms with van der Waals surface area (Å²) in [6, 6.07) is 7.10. The van der Waals surface area contributed by atoms with Gasteiger partial charge in [-0.3, -0.25) is 9.69 Å². The van der Waals surface area contributed by atoms with Gasteiger partial charge in [0, 0.05) is 32.5 Å². The number of amides is 1. The van der Waals surface area contributed by atoms with E-state index in [0.717, 1.165) is 50.9 Å². The molecule has 2 aliphatic rings. The second-order valence-corrected chi connectivity index (χ2v) is 9.74. The number of likely N-dealkylation sites (tertiary alicyclic amines) is 2. The van der Waals surface area contributed by atoms with Crippen molar-refractivity contribution in [3.8, 4) is 5.75 Å². The summed E-state index contributed by atoms with van der Waals surface area (Å²) < 4.78 is 11.0. The molecule has 3 rings (SSSR count). The van der Waals surface area contributed by atoms with Crippen LogP contribution in [0.15, 0.2) is 48.3 Å². The van der Waals surface area contributed by atoms with Crippen LogP contribution in [0.4, 0.5) is 0 Å². The Morgan fingerprint density at radius 2 is 1.82 bits per heavy atom. The molecule has 1 unspecified atom stereocenters. The molecule has 0 bridgehead atoms. The first-order valence-corrected chi connectivity index (χ1v) is 11.9. The van der Waals surface area contributed by atoms with Crippen LogP contribution in [0.25, 0.3) is 0 Å². The lowest BCUT2D eigenvalue weighted by molar-refractivity contribution is -0.137. The summed E-state index contributed by atoms with van der Waals surface area (Å²) in [4.78, 5) is 29.6. The topological polar surface area (TPSA) is 111 Å². The van der Waals surface area contributed by atoms with Crippen LogP contribution in [-0.4, -0.2) is 72.8 Å². The van der Waals surface area contributed by atoms with Crippen molar-refractivity contribution in [2.45, 2.75) is 36.9 Å². The zero-order chi connectivity index (χ0) is 23.8. The number of para-hydroxylation sites is 1. The number of nitrogens with two attached hydrogens (primary N) is 2. The van der Waals surface area contributed by atoms with E-state index in [0.29, 0.717) is 24.4 Å². The smallest absolute Gasteiger partial charge is 0.341 e. The van der Waals surface area contributed by atoms with Gasteiger partial charge in [-0.1, -0.05) is 12.1 Å². The van der Waals surface area contributed by atoms with E-state index in [9.17, 15) is 9.59 Å². The predicted octanol–water partition coefficient (Wildman–Crippen LogP) is 1.87. The number of ether oxygens (including phenoxy) is 2. The lowest BCUT2D eigenvalue weighted by Gasteiger charge is -2.42. The molecule has 2 heterocycles. The van der Waals surface area contributed by atoms with Crippen LogP contribution in [0, 0.1) is 0 Å². The molecule has 0 radical (unpaired) electrons. The molecule has 1 atom stereocenters. The number of hydrogen-bond acceptors (Lipinski definition) is 7. The predicted molar refractivity (Wildman–Crippen MR) is 132 cm³/mol. The fourth-order valence-electron chi connectivity index (χ4n) is 4.39. The monoisotopic (exact) mass is 474 g/mol. The third-order valence-corrected chi connectivity index (χ3v) is 7.24. The second-order valence-electron chi connectivity index (χ2n) is 8.63. The molecule has 2 saturated heterocycles. The van der Waals surface area contributed by atoms with Crippen molar-refractivity contribution in [3.05, 3.63) is 53.9 Å². The Labute approximate surface area is 198 Å². The normalized spacial score (nSPS) is 20.1. The number of carbonyl (C=O) groups is 2. The molecular formula is C24H35N4O4P. The molecule has 1 amide bonds. The van der Waals surface area contributed by atoms with Crippen LogP contribution >= 0.6 is 9.24 Å². The summed E-state index contributed by atoms with van der Waals surface area (Å²) in [6.07, 6.45) is 7.85. The molecule has 0 saturated carbocycles. The molecule has 8 nitrogen and oxygen atoms in total. The molecule has 0 aromatic heterocycles. The van der Waals surface area contributed by atoms with Gasteiger partial charge in [-0.15, -0.1) is 9.24 Å². The Hall–Kier alpha value is -2.57. The van der Waals surface area contributed by atoms with E-state index in [-0.39, 0.29) is 12.0 Å². The van der Waals surface area contributed by atoms with Crippen LogP contribution in [-0.2, 0) is 9.53 Å². The van der Waals surface area contributed by atoms with Gasteiger partial charge in [0.25, 0.3) is 0 Å². The number of esters is 1. The Morgan fingerprint density at radius 3 is 2.42 bits per heavy atom. The molecule has 1 aromatic rings. The average molecular weight is 475 g/mol. The Morgan fingerprint density at radius 1 is 1.15 bits per heavy atom. The van der Waals surface area contributed by atoms with Crippen molar-refractivity contribution in [1.82, 2.24) is 9.80 Å². The first-order valence-electron chi connectivity index (χ1n) is 11.3. The Balaban J connectivity index is 1.51. The quantitative estimate of drug-likeness (QED) is 0.353. The van der Waals surface area contributed by atoms with Gasteiger partial charge in [-0.2, -0.15) is 0 Å². The summed E-state index contributed by atoms with van der Waals surface area (Å²) in [5, 5.41) is -0.433. The zero-order valence-electron chi connectivity index (χ0n) is 19.2. The maximum atomic E-state index is 13.3. The molecule has 180 valence electrons. The van der Waals surface area contributed by atoms with E-state index < -0.39 is 11.1 Å². The molecule has 33 heavy (non-hydrogen) atoms. The highest BCUT2D eigenvalue weighted by Crippen LogP contribution is 2.35. The fraction of sp³-hybridized carbons (Fsp3) is 0.500. The highest BCUT2D eigenvalue weighted by molar-refractivity contribution is 7.21. The molecule has 1 aromatic carbocycles. The van der Waals surface area contributed by atoms with Crippen molar-refractivity contribution in [2.75, 3.05) is 39.8 Å². The Kier molecular flexibility index (Phi) is 8.75. The van der Waals surface area contributed by atoms with Crippen molar-refractivity contribution in [2.24, 2.45) is 11.5 Å². The van der Waals surface area contributed by atoms with Gasteiger partial charge < -0.3 is 25.8 Å². The van der Waals surface area contributed by atoms with Gasteiger partial charge in [0.15, 0.2) is 0 Å². The number of nitrogens with zero attached hydrogens (tertiary/aromatic N) is 2. The SMILES string of the molecule is COC(=O)c1ccccc1OC1CCN(C(=O)C2(P)CCN(CC(/C=C\N)=C/N)CC2)CC1. The highest BCUT2D eigenvalue weighted by Gasteiger charge is 2.41. The number of carbonyl (C=O) groups excluding carboxylic acids is 2. The first kappa shape index (κ1) is 25.1. The molecule has 9 heteroatoms. The molecule has 0 aliphatic carbocycles. The van der Waals surface area contributed by atoms with E-state index in [1.54, 1.807) is 24.4 Å². The Bertz CT molecular complexity index is 888. The highest BCUT2D eigenvalue weighted by atomic mass is 31.0. The number of hydrogen-bond donors (Lipinski definition) is 2. The van der Waals surface area contributed by atoms with Crippen LogP contribution in [0.1, 0.15) is 36.0 Å². The van der Waals surface area contributed by atoms with Crippen molar-refractivity contribution in [3.63, 3.8) is 0 Å². The van der Waals surface area contributed by atoms with E-state index in [1.807, 2.05) is 17.0 Å². The van der Waals surface area contributed by atoms with Crippen molar-refractivity contribution >= 4 is 21.1 Å². The fourth-order valence-corrected chi connectivity index (χ4v) is 4.83. The average Bonchev–Trinajstić information content (AvgIpc) is 2.85. The van der Waals surface area contributed by atoms with E-state index >= 15 is 0 Å². The van der Waals surface area contributed by atoms with Gasteiger partial charge >= 0.3 is 5.97 Å². The molecular weight excluding hydrogens is 439 g/mol. The minimum Gasteiger partial charge on any atom is -0.489 e. The summed E-state index contributed by atoms with van der Waals surface area (Å²) in [5.74, 6) is 0.305. The molecule has 4 N–H and O–H groups in total. The summed E-state index contributed by atoms with van der Waals surface area (Å²) in [7, 11) is 4.19. The molecule has 2 aliphatic heterocycles. The number of methoxy groups -OCH3 is 1. The first-order chi connectivity index (χ1) is 15.9. The summed E-state index contributed by atoms with van der Waals surface area (Å²) in [5.41, 5.74) is 12.5. The number of rotatable bonds is 7. The molecule has 2 fully saturated rings. The maximum absolute atomic E-state index is 13.3. The minimum atomic E-state index is -0.433. The van der Waals surface area contributed by atoms with Crippen molar-refractivity contribution < 1.29 is 19.1 Å². The van der Waals surface area contributed by atoms with Crippen LogP contribution < -0.4 is 16.2 Å². The lowest BCUT2D eigenvalue weighted by Crippen LogP contribution is -2.54. The molecule has 0 spiro atoms. The van der Waals surface area contributed by atoms with Gasteiger partial charge in [-0.25, -0.2) is 4.79 Å². The third-order valence-electron chi connectivity index (χ3n) is 6.42. The minimum absolute atomic E-state index is 0.0424. The summed E-state index contributed by atoms with van der Waals surface area (Å²) in [6.45, 7) is 3.68. The zero-order valence-corrected chi connectivity index (χ0v) is 20.4. The van der Waals surface area contributed by atoms with Crippen LogP contribution in [0.3, 0.4) is 0 Å². The largest absolute Gasteiger partial charge is 0.489 e. The van der Waals surface area contributed by atoms with Gasteiger partial charge in [0.05, 0.1) is 12.3 Å². The van der Waals surface area contributed by atoms with Gasteiger partial charge in [0.2, 0.25) is 5.91 Å². The van der Waals surface area contributed by atoms with Crippen molar-refractivity contribution in [1.29, 1.82) is 0 Å². The standard InChI is InChI=1S/C24H35N4O4P/c1-31-22(29)20-4-2-3-5-21(20)32-19-7-12-28(13-8-19)23(30)24(33)9-14-27(15-10-24)17-18(16-26)6-11-25/h2-6,11,16,19H,7-10,12-15,17,25-26,33H2,1H3/b11-6-,18-16+.